The molecule has 0 bridgehead atoms. The summed E-state index contributed by atoms with van der Waals surface area (Å²) < 4.78 is 0. The maximum Gasteiger partial charge on any atom is 0.248 e. The molecule has 104 valence electrons. The first kappa shape index (κ1) is 15.2. The van der Waals surface area contributed by atoms with Gasteiger partial charge in [-0.2, -0.15) is 0 Å². The van der Waals surface area contributed by atoms with Crippen LogP contribution in [0.2, 0.25) is 0 Å². The number of hydrogen-bond acceptors (Lipinski definition) is 2. The van der Waals surface area contributed by atoms with E-state index in [1.165, 1.54) is 0 Å². The van der Waals surface area contributed by atoms with E-state index in [2.05, 4.69) is 19.2 Å². The minimum Gasteiger partial charge on any atom is -0.366 e. The van der Waals surface area contributed by atoms with Crippen molar-refractivity contribution >= 4 is 11.8 Å². The Labute approximate surface area is 114 Å². The Hall–Kier alpha value is -1.84. The average molecular weight is 262 g/mol. The van der Waals surface area contributed by atoms with E-state index in [4.69, 9.17) is 5.73 Å². The minimum atomic E-state index is -0.452. The van der Waals surface area contributed by atoms with Gasteiger partial charge in [-0.1, -0.05) is 32.0 Å². The molecule has 0 aliphatic rings. The lowest BCUT2D eigenvalue weighted by molar-refractivity contribution is -0.121. The molecule has 0 heterocycles. The van der Waals surface area contributed by atoms with Gasteiger partial charge in [0.2, 0.25) is 11.8 Å². The molecule has 0 aromatic heterocycles. The maximum atomic E-state index is 11.8. The molecular weight excluding hydrogens is 240 g/mol. The van der Waals surface area contributed by atoms with Crippen molar-refractivity contribution in [2.75, 3.05) is 0 Å². The van der Waals surface area contributed by atoms with Crippen LogP contribution >= 0.6 is 0 Å². The van der Waals surface area contributed by atoms with E-state index in [1.54, 1.807) is 12.1 Å². The zero-order valence-electron chi connectivity index (χ0n) is 11.8. The fourth-order valence-corrected chi connectivity index (χ4v) is 1.72. The summed E-state index contributed by atoms with van der Waals surface area (Å²) in [4.78, 5) is 23.0. The quantitative estimate of drug-likeness (QED) is 0.821. The number of nitrogens with two attached hydrogens (primary N) is 1. The van der Waals surface area contributed by atoms with Crippen molar-refractivity contribution in [1.82, 2.24) is 5.32 Å². The Morgan fingerprint density at radius 2 is 1.84 bits per heavy atom. The van der Waals surface area contributed by atoms with Gasteiger partial charge in [-0.3, -0.25) is 9.59 Å². The summed E-state index contributed by atoms with van der Waals surface area (Å²) in [5, 5.41) is 2.94. The van der Waals surface area contributed by atoms with E-state index in [0.29, 0.717) is 24.3 Å². The van der Waals surface area contributed by atoms with Crippen molar-refractivity contribution in [2.24, 2.45) is 11.7 Å². The third-order valence-corrected chi connectivity index (χ3v) is 3.29. The zero-order valence-corrected chi connectivity index (χ0v) is 11.8. The van der Waals surface area contributed by atoms with Crippen LogP contribution < -0.4 is 11.1 Å². The second kappa shape index (κ2) is 6.92. The molecule has 4 heteroatoms. The molecule has 0 aliphatic carbocycles. The second-order valence-corrected chi connectivity index (χ2v) is 5.12. The number of carbonyl (C=O) groups is 2. The lowest BCUT2D eigenvalue weighted by atomic mass is 10.0. The van der Waals surface area contributed by atoms with Crippen molar-refractivity contribution in [2.45, 2.75) is 39.7 Å². The molecule has 3 N–H and O–H groups in total. The fourth-order valence-electron chi connectivity index (χ4n) is 1.72. The maximum absolute atomic E-state index is 11.8. The van der Waals surface area contributed by atoms with E-state index in [1.807, 2.05) is 19.1 Å². The topological polar surface area (TPSA) is 72.2 Å². The average Bonchev–Trinajstić information content (AvgIpc) is 2.36. The van der Waals surface area contributed by atoms with Crippen molar-refractivity contribution < 1.29 is 9.59 Å². The predicted molar refractivity (Wildman–Crippen MR) is 75.7 cm³/mol. The number of benzene rings is 1. The molecule has 0 aliphatic heterocycles. The van der Waals surface area contributed by atoms with Crippen LogP contribution in [0.1, 0.15) is 43.1 Å². The summed E-state index contributed by atoms with van der Waals surface area (Å²) >= 11 is 0. The van der Waals surface area contributed by atoms with Crippen LogP contribution in [-0.2, 0) is 11.2 Å². The number of hydrogen-bond donors (Lipinski definition) is 2. The first-order valence-electron chi connectivity index (χ1n) is 6.59. The molecule has 0 saturated heterocycles. The molecule has 1 rings (SSSR count). The van der Waals surface area contributed by atoms with Gasteiger partial charge in [-0.05, 0) is 30.9 Å². The van der Waals surface area contributed by atoms with Crippen LogP contribution in [0, 0.1) is 5.92 Å². The Morgan fingerprint density at radius 3 is 2.42 bits per heavy atom. The Kier molecular flexibility index (Phi) is 5.55. The lowest BCUT2D eigenvalue weighted by Gasteiger charge is -2.17. The molecular formula is C15H22N2O2. The summed E-state index contributed by atoms with van der Waals surface area (Å²) in [5.41, 5.74) is 6.62. The summed E-state index contributed by atoms with van der Waals surface area (Å²) in [6.45, 7) is 6.11. The fraction of sp³-hybridized carbons (Fsp3) is 0.467. The van der Waals surface area contributed by atoms with Gasteiger partial charge in [0.1, 0.15) is 0 Å². The lowest BCUT2D eigenvalue weighted by Crippen LogP contribution is -2.36. The monoisotopic (exact) mass is 262 g/mol. The highest BCUT2D eigenvalue weighted by Crippen LogP contribution is 2.10. The smallest absolute Gasteiger partial charge is 0.248 e. The predicted octanol–water partition coefficient (Wildman–Crippen LogP) is 1.88. The van der Waals surface area contributed by atoms with Crippen molar-refractivity contribution in [1.29, 1.82) is 0 Å². The second-order valence-electron chi connectivity index (χ2n) is 5.12. The van der Waals surface area contributed by atoms with E-state index in [0.717, 1.165) is 5.56 Å². The number of primary amides is 1. The largest absolute Gasteiger partial charge is 0.366 e. The van der Waals surface area contributed by atoms with Crippen LogP contribution in [0.3, 0.4) is 0 Å². The van der Waals surface area contributed by atoms with Gasteiger partial charge in [-0.25, -0.2) is 0 Å². The SMILES string of the molecule is CC(C)[C@@H](C)NC(=O)CCc1ccccc1C(N)=O. The number of aryl methyl sites for hydroxylation is 1. The normalized spacial score (nSPS) is 12.2. The van der Waals surface area contributed by atoms with Crippen LogP contribution in [0.15, 0.2) is 24.3 Å². The van der Waals surface area contributed by atoms with Crippen LogP contribution in [-0.4, -0.2) is 17.9 Å². The highest BCUT2D eigenvalue weighted by atomic mass is 16.2. The highest BCUT2D eigenvalue weighted by Gasteiger charge is 2.12. The molecule has 0 unspecified atom stereocenters. The third-order valence-electron chi connectivity index (χ3n) is 3.29. The molecule has 0 fully saturated rings. The molecule has 0 spiro atoms. The molecule has 0 radical (unpaired) electrons. The number of rotatable bonds is 6. The van der Waals surface area contributed by atoms with Crippen molar-refractivity contribution in [3.05, 3.63) is 35.4 Å². The van der Waals surface area contributed by atoms with Crippen LogP contribution in [0.25, 0.3) is 0 Å². The summed E-state index contributed by atoms with van der Waals surface area (Å²) in [6, 6.07) is 7.28. The molecule has 2 amide bonds. The van der Waals surface area contributed by atoms with Gasteiger partial charge in [-0.15, -0.1) is 0 Å². The molecule has 1 aromatic rings. The standard InChI is InChI=1S/C15H22N2O2/c1-10(2)11(3)17-14(18)9-8-12-6-4-5-7-13(12)15(16)19/h4-7,10-11H,8-9H2,1-3H3,(H2,16,19)(H,17,18)/t11-/m1/s1. The number of amides is 2. The number of carbonyl (C=O) groups excluding carboxylic acids is 2. The number of nitrogens with one attached hydrogen (secondary N) is 1. The van der Waals surface area contributed by atoms with Gasteiger partial charge in [0.05, 0.1) is 0 Å². The molecule has 0 saturated carbocycles. The molecule has 1 aromatic carbocycles. The van der Waals surface area contributed by atoms with E-state index < -0.39 is 5.91 Å². The van der Waals surface area contributed by atoms with E-state index in [9.17, 15) is 9.59 Å². The van der Waals surface area contributed by atoms with Crippen molar-refractivity contribution in [3.8, 4) is 0 Å². The molecule has 19 heavy (non-hydrogen) atoms. The van der Waals surface area contributed by atoms with Gasteiger partial charge in [0, 0.05) is 18.0 Å². The van der Waals surface area contributed by atoms with Crippen LogP contribution in [0.4, 0.5) is 0 Å². The Morgan fingerprint density at radius 1 is 1.21 bits per heavy atom. The van der Waals surface area contributed by atoms with E-state index >= 15 is 0 Å². The van der Waals surface area contributed by atoms with Gasteiger partial charge in [0.15, 0.2) is 0 Å². The van der Waals surface area contributed by atoms with Gasteiger partial charge < -0.3 is 11.1 Å². The first-order chi connectivity index (χ1) is 8.91. The van der Waals surface area contributed by atoms with Gasteiger partial charge >= 0.3 is 0 Å². The summed E-state index contributed by atoms with van der Waals surface area (Å²) in [5.74, 6) is -0.0473. The van der Waals surface area contributed by atoms with Gasteiger partial charge in [0.25, 0.3) is 0 Å². The molecule has 4 nitrogen and oxygen atoms in total. The molecule has 1 atom stereocenters. The highest BCUT2D eigenvalue weighted by molar-refractivity contribution is 5.94. The summed E-state index contributed by atoms with van der Waals surface area (Å²) in [7, 11) is 0. The summed E-state index contributed by atoms with van der Waals surface area (Å²) in [6.07, 6.45) is 0.886. The van der Waals surface area contributed by atoms with E-state index in [-0.39, 0.29) is 11.9 Å². The van der Waals surface area contributed by atoms with Crippen LogP contribution in [0.5, 0.6) is 0 Å². The minimum absolute atomic E-state index is 0.000438. The van der Waals surface area contributed by atoms with Crippen molar-refractivity contribution in [3.63, 3.8) is 0 Å². The third kappa shape index (κ3) is 4.73. The first-order valence-corrected chi connectivity index (χ1v) is 6.59. The Bertz CT molecular complexity index is 455. The Balaban J connectivity index is 2.58. The zero-order chi connectivity index (χ0) is 14.4.